The van der Waals surface area contributed by atoms with Crippen molar-refractivity contribution in [3.63, 3.8) is 0 Å². The molecule has 0 saturated carbocycles. The van der Waals surface area contributed by atoms with E-state index in [0.29, 0.717) is 62.4 Å². The molecule has 45 heavy (non-hydrogen) atoms. The van der Waals surface area contributed by atoms with Gasteiger partial charge in [0.1, 0.15) is 17.3 Å². The minimum atomic E-state index is -4.59. The number of nitrogens with zero attached hydrogens (tertiary/aromatic N) is 5. The summed E-state index contributed by atoms with van der Waals surface area (Å²) in [6.07, 6.45) is 1.58. The molecule has 2 aromatic rings. The van der Waals surface area contributed by atoms with Crippen LogP contribution in [0.3, 0.4) is 0 Å². The smallest absolute Gasteiger partial charge is 0.419 e. The Hall–Kier alpha value is -3.56. The van der Waals surface area contributed by atoms with Crippen molar-refractivity contribution < 1.29 is 32.6 Å². The molecule has 4 heterocycles. The average Bonchev–Trinajstić information content (AvgIpc) is 3.66. The Balaban J connectivity index is 1.27. The molecule has 2 fully saturated rings. The zero-order valence-corrected chi connectivity index (χ0v) is 26.1. The second-order valence-corrected chi connectivity index (χ2v) is 12.4. The Morgan fingerprint density at radius 3 is 2.58 bits per heavy atom. The fourth-order valence-electron chi connectivity index (χ4n) is 5.95. The van der Waals surface area contributed by atoms with E-state index in [1.807, 2.05) is 4.90 Å². The fourth-order valence-corrected chi connectivity index (χ4v) is 7.11. The highest BCUT2D eigenvalue weighted by atomic mass is 32.2. The number of thioether (sulfide) groups is 1. The van der Waals surface area contributed by atoms with Crippen LogP contribution in [0, 0.1) is 0 Å². The van der Waals surface area contributed by atoms with Crippen molar-refractivity contribution >= 4 is 35.2 Å². The largest absolute Gasteiger partial charge is 0.496 e. The van der Waals surface area contributed by atoms with Gasteiger partial charge in [-0.05, 0) is 49.6 Å². The van der Waals surface area contributed by atoms with E-state index in [-0.39, 0.29) is 17.9 Å². The minimum absolute atomic E-state index is 0.0997. The molecule has 2 unspecified atom stereocenters. The van der Waals surface area contributed by atoms with E-state index >= 15 is 0 Å². The number of halogens is 3. The number of aromatic nitrogens is 2. The number of alkyl halides is 3. The Bertz CT molecular complexity index is 1400. The lowest BCUT2D eigenvalue weighted by molar-refractivity contribution is -0.139. The molecule has 11 nitrogen and oxygen atoms in total. The number of benzene rings is 1. The number of likely N-dealkylation sites (tertiary alicyclic amines) is 1. The topological polar surface area (TPSA) is 123 Å². The van der Waals surface area contributed by atoms with E-state index in [0.717, 1.165) is 36.8 Å². The number of piperazine rings is 1. The number of amides is 1. The van der Waals surface area contributed by atoms with Crippen LogP contribution >= 0.6 is 11.8 Å². The molecule has 3 aliphatic rings. The Labute approximate surface area is 264 Å². The van der Waals surface area contributed by atoms with Crippen LogP contribution in [0.2, 0.25) is 0 Å². The molecule has 5 rings (SSSR count). The lowest BCUT2D eigenvalue weighted by Crippen LogP contribution is -2.47. The number of hydrogen-bond acceptors (Lipinski definition) is 10. The standard InChI is InChI=1S/C30H38F3N7O4S/c1-3-20-5-4-9-40(20)18-24-27(19-6-7-23(44-2)21(15-19)30(31,32)33)36-29(45-24)37-28(43)22-16-35-25(17-34-22)39-13-11-38(12-14-39)10-8-26(41)42/h6-7,15-17,20,29,36H,3-5,8-14,18H2,1-2H3,(H,37,43)(H,41,42). The highest BCUT2D eigenvalue weighted by Gasteiger charge is 2.36. The number of methoxy groups -OCH3 is 1. The number of carbonyl (C=O) groups excluding carboxylic acids is 1. The van der Waals surface area contributed by atoms with Gasteiger partial charge in [0.05, 0.1) is 37.2 Å². The first-order chi connectivity index (χ1) is 21.5. The molecule has 1 aromatic carbocycles. The van der Waals surface area contributed by atoms with E-state index < -0.39 is 29.1 Å². The summed E-state index contributed by atoms with van der Waals surface area (Å²) in [6.45, 7) is 6.83. The van der Waals surface area contributed by atoms with Gasteiger partial charge < -0.3 is 25.4 Å². The molecule has 3 aliphatic heterocycles. The van der Waals surface area contributed by atoms with Crippen molar-refractivity contribution in [3.05, 3.63) is 52.3 Å². The summed E-state index contributed by atoms with van der Waals surface area (Å²) in [4.78, 5) is 40.1. The zero-order chi connectivity index (χ0) is 32.1. The summed E-state index contributed by atoms with van der Waals surface area (Å²) in [5.41, 5.74) is -0.461. The van der Waals surface area contributed by atoms with Crippen LogP contribution in [0.1, 0.15) is 54.2 Å². The maximum absolute atomic E-state index is 13.9. The van der Waals surface area contributed by atoms with Crippen LogP contribution in [-0.2, 0) is 11.0 Å². The average molecular weight is 650 g/mol. The fraction of sp³-hybridized carbons (Fsp3) is 0.533. The van der Waals surface area contributed by atoms with Crippen molar-refractivity contribution in [3.8, 4) is 5.75 Å². The number of anilines is 1. The first-order valence-electron chi connectivity index (χ1n) is 15.0. The van der Waals surface area contributed by atoms with Crippen LogP contribution in [0.5, 0.6) is 5.75 Å². The molecule has 0 radical (unpaired) electrons. The quantitative estimate of drug-likeness (QED) is 0.330. The van der Waals surface area contributed by atoms with E-state index in [2.05, 4.69) is 37.3 Å². The summed E-state index contributed by atoms with van der Waals surface area (Å²) in [5, 5.41) is 15.1. The van der Waals surface area contributed by atoms with Gasteiger partial charge in [-0.2, -0.15) is 13.2 Å². The first-order valence-corrected chi connectivity index (χ1v) is 15.9. The third-order valence-corrected chi connectivity index (χ3v) is 9.49. The number of carboxylic acid groups (broad SMARTS) is 1. The SMILES string of the molecule is CCC1CCCN1CC1=C(c2ccc(OC)c(C(F)(F)F)c2)NC(NC(=O)c2cnc(N3CCN(CCC(=O)O)CC3)cn2)S1. The van der Waals surface area contributed by atoms with Gasteiger partial charge in [-0.3, -0.25) is 19.4 Å². The van der Waals surface area contributed by atoms with Gasteiger partial charge in [-0.25, -0.2) is 9.97 Å². The van der Waals surface area contributed by atoms with E-state index in [9.17, 15) is 22.8 Å². The van der Waals surface area contributed by atoms with E-state index in [1.165, 1.54) is 31.1 Å². The molecule has 2 atom stereocenters. The maximum Gasteiger partial charge on any atom is 0.419 e. The van der Waals surface area contributed by atoms with Crippen LogP contribution in [0.25, 0.3) is 5.70 Å². The third-order valence-electron chi connectivity index (χ3n) is 8.40. The van der Waals surface area contributed by atoms with Gasteiger partial charge in [0.25, 0.3) is 5.91 Å². The molecule has 1 aromatic heterocycles. The van der Waals surface area contributed by atoms with Crippen molar-refractivity contribution in [2.45, 2.75) is 50.3 Å². The number of aliphatic carboxylic acids is 1. The molecular formula is C30H38F3N7O4S. The molecule has 15 heteroatoms. The van der Waals surface area contributed by atoms with Crippen LogP contribution in [0.4, 0.5) is 19.0 Å². The van der Waals surface area contributed by atoms with Crippen LogP contribution in [0.15, 0.2) is 35.5 Å². The molecule has 244 valence electrons. The van der Waals surface area contributed by atoms with Gasteiger partial charge in [-0.1, -0.05) is 18.7 Å². The van der Waals surface area contributed by atoms with Crippen molar-refractivity contribution in [2.24, 2.45) is 0 Å². The molecule has 0 aliphatic carbocycles. The van der Waals surface area contributed by atoms with Gasteiger partial charge in [0.2, 0.25) is 0 Å². The van der Waals surface area contributed by atoms with Gasteiger partial charge in [0.15, 0.2) is 5.50 Å². The first kappa shape index (κ1) is 32.8. The number of nitrogens with one attached hydrogen (secondary N) is 2. The summed E-state index contributed by atoms with van der Waals surface area (Å²) in [7, 11) is 1.21. The van der Waals surface area contributed by atoms with Crippen molar-refractivity contribution in [1.82, 2.24) is 30.4 Å². The Morgan fingerprint density at radius 1 is 1.16 bits per heavy atom. The minimum Gasteiger partial charge on any atom is -0.496 e. The number of ether oxygens (including phenoxy) is 1. The van der Waals surface area contributed by atoms with Crippen LogP contribution < -0.4 is 20.3 Å². The summed E-state index contributed by atoms with van der Waals surface area (Å²) < 4.78 is 46.6. The van der Waals surface area contributed by atoms with Gasteiger partial charge in [0, 0.05) is 50.2 Å². The Kier molecular flexibility index (Phi) is 10.4. The maximum atomic E-state index is 13.9. The molecule has 1 amide bonds. The number of rotatable bonds is 11. The summed E-state index contributed by atoms with van der Waals surface area (Å²) in [5.74, 6) is -0.909. The Morgan fingerprint density at radius 2 is 1.93 bits per heavy atom. The van der Waals surface area contributed by atoms with E-state index in [4.69, 9.17) is 9.84 Å². The predicted octanol–water partition coefficient (Wildman–Crippen LogP) is 3.69. The number of hydrogen-bond donors (Lipinski definition) is 3. The lowest BCUT2D eigenvalue weighted by Gasteiger charge is -2.34. The molecular weight excluding hydrogens is 611 g/mol. The normalized spacial score (nSPS) is 21.2. The van der Waals surface area contributed by atoms with Gasteiger partial charge in [-0.15, -0.1) is 0 Å². The second-order valence-electron chi connectivity index (χ2n) is 11.2. The third kappa shape index (κ3) is 8.00. The number of carboxylic acids is 1. The second kappa shape index (κ2) is 14.3. The van der Waals surface area contributed by atoms with Crippen LogP contribution in [-0.4, -0.2) is 101 Å². The summed E-state index contributed by atoms with van der Waals surface area (Å²) in [6, 6.07) is 4.40. The number of carbonyl (C=O) groups is 2. The molecule has 0 bridgehead atoms. The van der Waals surface area contributed by atoms with Crippen molar-refractivity contribution in [2.75, 3.05) is 57.8 Å². The summed E-state index contributed by atoms with van der Waals surface area (Å²) >= 11 is 1.38. The molecule has 3 N–H and O–H groups in total. The zero-order valence-electron chi connectivity index (χ0n) is 25.3. The van der Waals surface area contributed by atoms with Crippen molar-refractivity contribution in [1.29, 1.82) is 0 Å². The lowest BCUT2D eigenvalue weighted by atomic mass is 10.1. The molecule has 0 spiro atoms. The monoisotopic (exact) mass is 649 g/mol. The highest BCUT2D eigenvalue weighted by Crippen LogP contribution is 2.41. The van der Waals surface area contributed by atoms with Gasteiger partial charge >= 0.3 is 12.1 Å². The predicted molar refractivity (Wildman–Crippen MR) is 165 cm³/mol. The van der Waals surface area contributed by atoms with E-state index in [1.54, 1.807) is 12.3 Å². The molecule has 2 saturated heterocycles. The highest BCUT2D eigenvalue weighted by molar-refractivity contribution is 8.04.